The molecule has 0 radical (unpaired) electrons. The maximum Gasteiger partial charge on any atom is 0.243 e. The monoisotopic (exact) mass is 149 g/mol. The molecule has 0 unspecified atom stereocenters. The topological polar surface area (TPSA) is 29.1 Å². The molecule has 10 heavy (non-hydrogen) atoms. The number of piperidine rings is 1. The number of Topliss-reactive ketones (excluding diaryl/α,β-unsaturated/α-hetero) is 1. The predicted molar refractivity (Wildman–Crippen MR) is 32.0 cm³/mol. The van der Waals surface area contributed by atoms with Crippen LogP contribution < -0.4 is 5.32 Å². The van der Waals surface area contributed by atoms with Crippen LogP contribution >= 0.6 is 0 Å². The maximum atomic E-state index is 11.9. The van der Waals surface area contributed by atoms with E-state index >= 15 is 0 Å². The van der Waals surface area contributed by atoms with Crippen LogP contribution in [0.4, 0.5) is 8.78 Å². The Kier molecular flexibility index (Phi) is 2.32. The predicted octanol–water partition coefficient (Wildman–Crippen LogP) is 0.430. The summed E-state index contributed by atoms with van der Waals surface area (Å²) in [5, 5.41) is 2.64. The van der Waals surface area contributed by atoms with Crippen molar-refractivity contribution in [2.24, 2.45) is 5.92 Å². The molecule has 1 saturated heterocycles. The smallest absolute Gasteiger partial charge is 0.243 e. The third-order valence-electron chi connectivity index (χ3n) is 1.57. The zero-order valence-corrected chi connectivity index (χ0v) is 5.44. The average molecular weight is 149 g/mol. The largest absolute Gasteiger partial charge is 0.310 e. The molecule has 58 valence electrons. The first-order valence-corrected chi connectivity index (χ1v) is 3.20. The molecule has 1 heterocycles. The van der Waals surface area contributed by atoms with Crippen LogP contribution in [0.2, 0.25) is 0 Å². The molecule has 0 aromatic rings. The molecule has 2 nitrogen and oxygen atoms in total. The highest BCUT2D eigenvalue weighted by Crippen LogP contribution is 2.15. The third kappa shape index (κ3) is 1.73. The molecule has 1 atom stereocenters. The molecule has 0 aromatic carbocycles. The fourth-order valence-corrected chi connectivity index (χ4v) is 1.01. The van der Waals surface area contributed by atoms with Crippen molar-refractivity contribution in [1.82, 2.24) is 5.32 Å². The molecule has 1 aliphatic heterocycles. The van der Waals surface area contributed by atoms with Crippen LogP contribution in [0.1, 0.15) is 6.42 Å². The molecule has 1 fully saturated rings. The number of carbonyl (C=O) groups is 1. The number of ketones is 1. The summed E-state index contributed by atoms with van der Waals surface area (Å²) in [5.41, 5.74) is 0. The minimum absolute atomic E-state index is 0.0324. The second-order valence-corrected chi connectivity index (χ2v) is 2.47. The summed E-state index contributed by atoms with van der Waals surface area (Å²) in [7, 11) is 0. The standard InChI is InChI=1S/C6H9F2NO/c7-6(8)4-1-5(10)3-9-2-4/h4,6,9H,1-3H2/t4-/m1/s1. The second-order valence-electron chi connectivity index (χ2n) is 2.47. The van der Waals surface area contributed by atoms with Gasteiger partial charge in [0.1, 0.15) is 5.78 Å². The van der Waals surface area contributed by atoms with Crippen molar-refractivity contribution in [2.75, 3.05) is 13.1 Å². The number of halogens is 2. The van der Waals surface area contributed by atoms with Crippen molar-refractivity contribution in [3.05, 3.63) is 0 Å². The first-order chi connectivity index (χ1) is 4.70. The van der Waals surface area contributed by atoms with Gasteiger partial charge in [-0.3, -0.25) is 4.79 Å². The Balaban J connectivity index is 2.39. The Hall–Kier alpha value is -0.510. The van der Waals surface area contributed by atoms with Crippen molar-refractivity contribution < 1.29 is 13.6 Å². The molecular formula is C6H9F2NO. The van der Waals surface area contributed by atoms with E-state index in [1.165, 1.54) is 0 Å². The Bertz CT molecular complexity index is 138. The summed E-state index contributed by atoms with van der Waals surface area (Å²) in [6.07, 6.45) is -2.33. The van der Waals surface area contributed by atoms with Gasteiger partial charge in [-0.25, -0.2) is 8.78 Å². The molecule has 0 amide bonds. The summed E-state index contributed by atoms with van der Waals surface area (Å²) in [6, 6.07) is 0. The normalized spacial score (nSPS) is 27.5. The minimum atomic E-state index is -2.36. The van der Waals surface area contributed by atoms with E-state index in [0.717, 1.165) is 0 Å². The van der Waals surface area contributed by atoms with Crippen molar-refractivity contribution in [3.8, 4) is 0 Å². The molecule has 1 N–H and O–H groups in total. The number of hydrogen-bond donors (Lipinski definition) is 1. The van der Waals surface area contributed by atoms with Gasteiger partial charge in [0.15, 0.2) is 0 Å². The van der Waals surface area contributed by atoms with Gasteiger partial charge in [0.25, 0.3) is 0 Å². The van der Waals surface area contributed by atoms with E-state index in [-0.39, 0.29) is 25.3 Å². The highest BCUT2D eigenvalue weighted by molar-refractivity contribution is 5.81. The number of nitrogens with one attached hydrogen (secondary N) is 1. The van der Waals surface area contributed by atoms with E-state index in [1.807, 2.05) is 0 Å². The molecule has 0 bridgehead atoms. The summed E-state index contributed by atoms with van der Waals surface area (Å²) < 4.78 is 23.8. The molecule has 0 spiro atoms. The number of carbonyl (C=O) groups excluding carboxylic acids is 1. The van der Waals surface area contributed by atoms with E-state index in [1.54, 1.807) is 0 Å². The minimum Gasteiger partial charge on any atom is -0.310 e. The summed E-state index contributed by atoms with van der Waals surface area (Å²) in [6.45, 7) is 0.520. The first-order valence-electron chi connectivity index (χ1n) is 3.20. The molecule has 4 heteroatoms. The van der Waals surface area contributed by atoms with Gasteiger partial charge in [0.2, 0.25) is 6.43 Å². The Morgan fingerprint density at radius 1 is 1.60 bits per heavy atom. The van der Waals surface area contributed by atoms with Crippen LogP contribution in [-0.2, 0) is 4.79 Å². The summed E-state index contributed by atoms with van der Waals surface area (Å²) in [4.78, 5) is 10.6. The Labute approximate surface area is 57.6 Å². The van der Waals surface area contributed by atoms with Gasteiger partial charge in [-0.2, -0.15) is 0 Å². The molecule has 1 aliphatic rings. The second kappa shape index (κ2) is 3.05. The molecule has 0 saturated carbocycles. The van der Waals surface area contributed by atoms with Gasteiger partial charge in [-0.1, -0.05) is 0 Å². The van der Waals surface area contributed by atoms with E-state index in [2.05, 4.69) is 5.32 Å². The maximum absolute atomic E-state index is 11.9. The van der Waals surface area contributed by atoms with Gasteiger partial charge in [-0.15, -0.1) is 0 Å². The lowest BCUT2D eigenvalue weighted by molar-refractivity contribution is -0.122. The summed E-state index contributed by atoms with van der Waals surface area (Å²) in [5.74, 6) is -0.877. The van der Waals surface area contributed by atoms with Crippen LogP contribution in [0.15, 0.2) is 0 Å². The highest BCUT2D eigenvalue weighted by atomic mass is 19.3. The zero-order chi connectivity index (χ0) is 7.56. The van der Waals surface area contributed by atoms with Gasteiger partial charge >= 0.3 is 0 Å². The number of alkyl halides is 2. The van der Waals surface area contributed by atoms with Crippen molar-refractivity contribution in [1.29, 1.82) is 0 Å². The summed E-state index contributed by atoms with van der Waals surface area (Å²) >= 11 is 0. The lowest BCUT2D eigenvalue weighted by Gasteiger charge is -2.20. The van der Waals surface area contributed by atoms with Gasteiger partial charge in [-0.05, 0) is 0 Å². The Morgan fingerprint density at radius 2 is 2.30 bits per heavy atom. The first kappa shape index (κ1) is 7.60. The van der Waals surface area contributed by atoms with Crippen molar-refractivity contribution in [3.63, 3.8) is 0 Å². The number of hydrogen-bond acceptors (Lipinski definition) is 2. The average Bonchev–Trinajstić information content (AvgIpc) is 1.88. The molecule has 0 aromatic heterocycles. The number of rotatable bonds is 1. The molecular weight excluding hydrogens is 140 g/mol. The van der Waals surface area contributed by atoms with E-state index in [4.69, 9.17) is 0 Å². The molecule has 0 aliphatic carbocycles. The zero-order valence-electron chi connectivity index (χ0n) is 5.44. The van der Waals surface area contributed by atoms with Gasteiger partial charge in [0.05, 0.1) is 6.54 Å². The van der Waals surface area contributed by atoms with Crippen LogP contribution in [0.3, 0.4) is 0 Å². The van der Waals surface area contributed by atoms with Crippen LogP contribution in [-0.4, -0.2) is 25.3 Å². The van der Waals surface area contributed by atoms with Gasteiger partial charge in [0, 0.05) is 18.9 Å². The lowest BCUT2D eigenvalue weighted by Crippen LogP contribution is -2.39. The lowest BCUT2D eigenvalue weighted by atomic mass is 10.00. The van der Waals surface area contributed by atoms with Crippen LogP contribution in [0.25, 0.3) is 0 Å². The third-order valence-corrected chi connectivity index (χ3v) is 1.57. The SMILES string of the molecule is O=C1CNC[C@H](C(F)F)C1. The van der Waals surface area contributed by atoms with Crippen LogP contribution in [0.5, 0.6) is 0 Å². The van der Waals surface area contributed by atoms with Crippen molar-refractivity contribution >= 4 is 5.78 Å². The Morgan fingerprint density at radius 3 is 2.70 bits per heavy atom. The van der Waals surface area contributed by atoms with E-state index in [9.17, 15) is 13.6 Å². The fraction of sp³-hybridized carbons (Fsp3) is 0.833. The van der Waals surface area contributed by atoms with Crippen molar-refractivity contribution in [2.45, 2.75) is 12.8 Å². The highest BCUT2D eigenvalue weighted by Gasteiger charge is 2.26. The molecule has 1 rings (SSSR count). The van der Waals surface area contributed by atoms with Crippen LogP contribution in [0, 0.1) is 5.92 Å². The van der Waals surface area contributed by atoms with Gasteiger partial charge < -0.3 is 5.32 Å². The van der Waals surface area contributed by atoms with E-state index in [0.29, 0.717) is 0 Å². The van der Waals surface area contributed by atoms with E-state index < -0.39 is 12.3 Å². The fourth-order valence-electron chi connectivity index (χ4n) is 1.01. The quantitative estimate of drug-likeness (QED) is 0.585.